The molecule has 6 nitrogen and oxygen atoms in total. The van der Waals surface area contributed by atoms with Crippen molar-refractivity contribution in [2.75, 3.05) is 5.32 Å². The molecule has 6 heteroatoms. The van der Waals surface area contributed by atoms with Gasteiger partial charge in [0, 0.05) is 0 Å². The topological polar surface area (TPSA) is 98.7 Å². The minimum absolute atomic E-state index is 0.0503. The highest BCUT2D eigenvalue weighted by Gasteiger charge is 2.24. The summed E-state index contributed by atoms with van der Waals surface area (Å²) in [5.41, 5.74) is 1.10. The van der Waals surface area contributed by atoms with E-state index < -0.39 is 18.1 Å². The molecule has 21 heavy (non-hydrogen) atoms. The van der Waals surface area contributed by atoms with Gasteiger partial charge >= 0.3 is 12.0 Å². The Morgan fingerprint density at radius 2 is 1.95 bits per heavy atom. The summed E-state index contributed by atoms with van der Waals surface area (Å²) >= 11 is 0. The fourth-order valence-electron chi connectivity index (χ4n) is 2.55. The van der Waals surface area contributed by atoms with E-state index in [1.165, 1.54) is 6.07 Å². The number of nitrogens with one attached hydrogen (secondary N) is 2. The Labute approximate surface area is 123 Å². The van der Waals surface area contributed by atoms with Gasteiger partial charge in [-0.1, -0.05) is 24.5 Å². The van der Waals surface area contributed by atoms with Gasteiger partial charge in [-0.25, -0.2) is 9.59 Å². The van der Waals surface area contributed by atoms with Crippen molar-refractivity contribution >= 4 is 17.7 Å². The number of benzene rings is 1. The van der Waals surface area contributed by atoms with Crippen molar-refractivity contribution in [1.82, 2.24) is 5.32 Å². The zero-order valence-corrected chi connectivity index (χ0v) is 11.9. The van der Waals surface area contributed by atoms with Crippen LogP contribution in [0, 0.1) is 6.92 Å². The molecule has 2 unspecified atom stereocenters. The average Bonchev–Trinajstić information content (AvgIpc) is 2.43. The van der Waals surface area contributed by atoms with Gasteiger partial charge in [0.2, 0.25) is 0 Å². The molecule has 0 spiro atoms. The van der Waals surface area contributed by atoms with Crippen LogP contribution in [0.1, 0.15) is 41.6 Å². The second-order valence-electron chi connectivity index (χ2n) is 5.41. The Morgan fingerprint density at radius 3 is 2.62 bits per heavy atom. The van der Waals surface area contributed by atoms with Crippen molar-refractivity contribution in [1.29, 1.82) is 0 Å². The third kappa shape index (κ3) is 3.95. The van der Waals surface area contributed by atoms with Gasteiger partial charge in [0.1, 0.15) is 0 Å². The number of aryl methyl sites for hydroxylation is 1. The third-order valence-electron chi connectivity index (χ3n) is 3.70. The molecule has 1 aliphatic carbocycles. The first-order valence-electron chi connectivity index (χ1n) is 7.07. The predicted molar refractivity (Wildman–Crippen MR) is 78.6 cm³/mol. The molecule has 1 aromatic carbocycles. The van der Waals surface area contributed by atoms with E-state index in [2.05, 4.69) is 10.6 Å². The lowest BCUT2D eigenvalue weighted by Gasteiger charge is -2.28. The first-order chi connectivity index (χ1) is 9.97. The molecule has 1 aliphatic rings. The number of urea groups is 1. The maximum absolute atomic E-state index is 12.0. The maximum atomic E-state index is 12.0. The highest BCUT2D eigenvalue weighted by molar-refractivity contribution is 6.00. The quantitative estimate of drug-likeness (QED) is 0.685. The van der Waals surface area contributed by atoms with Gasteiger partial charge in [0.15, 0.2) is 0 Å². The number of rotatable bonds is 3. The fraction of sp³-hybridized carbons (Fsp3) is 0.467. The zero-order chi connectivity index (χ0) is 15.4. The van der Waals surface area contributed by atoms with E-state index in [9.17, 15) is 14.7 Å². The molecule has 1 fully saturated rings. The average molecular weight is 292 g/mol. The summed E-state index contributed by atoms with van der Waals surface area (Å²) < 4.78 is 0. The summed E-state index contributed by atoms with van der Waals surface area (Å²) in [6.45, 7) is 1.79. The van der Waals surface area contributed by atoms with Crippen molar-refractivity contribution in [3.63, 3.8) is 0 Å². The summed E-state index contributed by atoms with van der Waals surface area (Å²) in [7, 11) is 0. The Hall–Kier alpha value is -2.08. The molecule has 0 aromatic heterocycles. The molecule has 114 valence electrons. The first kappa shape index (κ1) is 15.3. The van der Waals surface area contributed by atoms with Crippen LogP contribution in [0.25, 0.3) is 0 Å². The van der Waals surface area contributed by atoms with Crippen molar-refractivity contribution in [3.05, 3.63) is 29.3 Å². The van der Waals surface area contributed by atoms with Crippen LogP contribution >= 0.6 is 0 Å². The molecule has 0 aliphatic heterocycles. The number of amides is 2. The maximum Gasteiger partial charge on any atom is 0.337 e. The van der Waals surface area contributed by atoms with Gasteiger partial charge < -0.3 is 20.8 Å². The van der Waals surface area contributed by atoms with E-state index in [4.69, 9.17) is 5.11 Å². The monoisotopic (exact) mass is 292 g/mol. The standard InChI is InChI=1S/C15H20N2O4/c1-9-6-7-11(10(8-9)14(19)20)16-15(21)17-12-4-2-3-5-13(12)18/h6-8,12-13,18H,2-5H2,1H3,(H,19,20)(H2,16,17,21). The largest absolute Gasteiger partial charge is 0.478 e. The number of hydrogen-bond acceptors (Lipinski definition) is 3. The Bertz CT molecular complexity index is 544. The number of hydrogen-bond donors (Lipinski definition) is 4. The third-order valence-corrected chi connectivity index (χ3v) is 3.70. The molecule has 2 rings (SSSR count). The molecule has 0 bridgehead atoms. The van der Waals surface area contributed by atoms with E-state index in [0.717, 1.165) is 24.8 Å². The van der Waals surface area contributed by atoms with E-state index in [1.807, 2.05) is 0 Å². The van der Waals surface area contributed by atoms with E-state index in [1.54, 1.807) is 19.1 Å². The van der Waals surface area contributed by atoms with Crippen molar-refractivity contribution in [2.45, 2.75) is 44.8 Å². The Morgan fingerprint density at radius 1 is 1.24 bits per heavy atom. The van der Waals surface area contributed by atoms with E-state index >= 15 is 0 Å². The van der Waals surface area contributed by atoms with Crippen LogP contribution in [0.3, 0.4) is 0 Å². The molecule has 0 heterocycles. The van der Waals surface area contributed by atoms with Gasteiger partial charge in [-0.2, -0.15) is 0 Å². The molecule has 1 saturated carbocycles. The second-order valence-corrected chi connectivity index (χ2v) is 5.41. The molecule has 1 aromatic rings. The molecular formula is C15H20N2O4. The lowest BCUT2D eigenvalue weighted by atomic mass is 9.93. The number of aromatic carboxylic acids is 1. The molecule has 4 N–H and O–H groups in total. The number of anilines is 1. The zero-order valence-electron chi connectivity index (χ0n) is 11.9. The molecule has 2 amide bonds. The number of aliphatic hydroxyl groups excluding tert-OH is 1. The van der Waals surface area contributed by atoms with Gasteiger partial charge in [-0.05, 0) is 31.9 Å². The van der Waals surface area contributed by atoms with Crippen molar-refractivity contribution in [2.24, 2.45) is 0 Å². The van der Waals surface area contributed by atoms with E-state index in [0.29, 0.717) is 6.42 Å². The summed E-state index contributed by atoms with van der Waals surface area (Å²) in [4.78, 5) is 23.1. The van der Waals surface area contributed by atoms with Crippen LogP contribution in [0.2, 0.25) is 0 Å². The van der Waals surface area contributed by atoms with Crippen LogP contribution in [0.15, 0.2) is 18.2 Å². The number of carbonyl (C=O) groups is 2. The molecule has 0 saturated heterocycles. The van der Waals surface area contributed by atoms with Crippen molar-refractivity contribution in [3.8, 4) is 0 Å². The first-order valence-corrected chi connectivity index (χ1v) is 7.07. The number of carboxylic acid groups (broad SMARTS) is 1. The van der Waals surface area contributed by atoms with Crippen LogP contribution in [-0.2, 0) is 0 Å². The summed E-state index contributed by atoms with van der Waals surface area (Å²) in [6.07, 6.45) is 2.79. The summed E-state index contributed by atoms with van der Waals surface area (Å²) in [5.74, 6) is -1.09. The van der Waals surface area contributed by atoms with Gasteiger partial charge in [-0.3, -0.25) is 0 Å². The lowest BCUT2D eigenvalue weighted by Crippen LogP contribution is -2.46. The molecule has 2 atom stereocenters. The van der Waals surface area contributed by atoms with Crippen LogP contribution in [0.4, 0.5) is 10.5 Å². The predicted octanol–water partition coefficient (Wildman–Crippen LogP) is 2.12. The highest BCUT2D eigenvalue weighted by atomic mass is 16.4. The number of carboxylic acids is 1. The minimum atomic E-state index is -1.09. The Kier molecular flexibility index (Phi) is 4.80. The second kappa shape index (κ2) is 6.58. The highest BCUT2D eigenvalue weighted by Crippen LogP contribution is 2.20. The summed E-state index contributed by atoms with van der Waals surface area (Å²) in [5, 5.41) is 24.2. The van der Waals surface area contributed by atoms with Crippen molar-refractivity contribution < 1.29 is 19.8 Å². The summed E-state index contributed by atoms with van der Waals surface area (Å²) in [6, 6.07) is 4.03. The lowest BCUT2D eigenvalue weighted by molar-refractivity contribution is 0.0698. The van der Waals surface area contributed by atoms with Crippen LogP contribution in [-0.4, -0.2) is 34.4 Å². The van der Waals surface area contributed by atoms with Gasteiger partial charge in [-0.15, -0.1) is 0 Å². The van der Waals surface area contributed by atoms with Crippen LogP contribution < -0.4 is 10.6 Å². The fourth-order valence-corrected chi connectivity index (χ4v) is 2.55. The van der Waals surface area contributed by atoms with E-state index in [-0.39, 0.29) is 17.3 Å². The molecular weight excluding hydrogens is 272 g/mol. The van der Waals surface area contributed by atoms with Gasteiger partial charge in [0.05, 0.1) is 23.4 Å². The number of carbonyl (C=O) groups excluding carboxylic acids is 1. The van der Waals surface area contributed by atoms with Gasteiger partial charge in [0.25, 0.3) is 0 Å². The normalized spacial score (nSPS) is 21.6. The molecule has 0 radical (unpaired) electrons. The Balaban J connectivity index is 2.04. The number of aliphatic hydroxyl groups is 1. The minimum Gasteiger partial charge on any atom is -0.478 e. The smallest absolute Gasteiger partial charge is 0.337 e. The SMILES string of the molecule is Cc1ccc(NC(=O)NC2CCCCC2O)c(C(=O)O)c1. The van der Waals surface area contributed by atoms with Crippen LogP contribution in [0.5, 0.6) is 0 Å².